The van der Waals surface area contributed by atoms with Crippen LogP contribution in [0.3, 0.4) is 0 Å². The van der Waals surface area contributed by atoms with Crippen LogP contribution in [0.4, 0.5) is 0 Å². The van der Waals surface area contributed by atoms with Gasteiger partial charge in [-0.05, 0) is 213 Å². The molecular formula is C106H72N4. The average Bonchev–Trinajstić information content (AvgIpc) is 1.54. The van der Waals surface area contributed by atoms with E-state index in [4.69, 9.17) is 0 Å². The van der Waals surface area contributed by atoms with Gasteiger partial charge in [0.2, 0.25) is 0 Å². The fourth-order valence-corrected chi connectivity index (χ4v) is 19.7. The summed E-state index contributed by atoms with van der Waals surface area (Å²) in [5, 5.41) is 20.2. The van der Waals surface area contributed by atoms with Crippen LogP contribution in [0.2, 0.25) is 0 Å². The number of fused-ring (bicyclic) bond motifs is 24. The van der Waals surface area contributed by atoms with Crippen LogP contribution in [0.15, 0.2) is 364 Å². The largest absolute Gasteiger partial charge is 0.309 e. The van der Waals surface area contributed by atoms with Crippen molar-refractivity contribution >= 4 is 130 Å². The summed E-state index contributed by atoms with van der Waals surface area (Å²) in [6.07, 6.45) is 0. The number of aromatic nitrogens is 4. The summed E-state index contributed by atoms with van der Waals surface area (Å²) in [6.45, 7) is 9.54. The van der Waals surface area contributed by atoms with E-state index in [1.807, 2.05) is 0 Å². The third-order valence-electron chi connectivity index (χ3n) is 24.9. The zero-order valence-electron chi connectivity index (χ0n) is 61.4. The lowest BCUT2D eigenvalue weighted by molar-refractivity contribution is 0.661. The van der Waals surface area contributed by atoms with Gasteiger partial charge in [0, 0.05) is 82.2 Å². The number of hydrogen-bond acceptors (Lipinski definition) is 0. The average molecular weight is 1400 g/mol. The van der Waals surface area contributed by atoms with Gasteiger partial charge in [0.05, 0.1) is 44.1 Å². The molecule has 4 heterocycles. The van der Waals surface area contributed by atoms with E-state index in [1.54, 1.807) is 0 Å². The lowest BCUT2D eigenvalue weighted by Crippen LogP contribution is -2.16. The van der Waals surface area contributed by atoms with Gasteiger partial charge in [-0.2, -0.15) is 0 Å². The molecule has 18 aromatic carbocycles. The molecule has 24 rings (SSSR count). The minimum Gasteiger partial charge on any atom is -0.309 e. The minimum absolute atomic E-state index is 0.0859. The zero-order valence-corrected chi connectivity index (χ0v) is 61.4. The first-order valence-corrected chi connectivity index (χ1v) is 38.5. The van der Waals surface area contributed by atoms with E-state index < -0.39 is 0 Å². The van der Waals surface area contributed by atoms with Crippen LogP contribution in [-0.4, -0.2) is 18.3 Å². The van der Waals surface area contributed by atoms with E-state index in [1.165, 1.54) is 220 Å². The maximum absolute atomic E-state index is 2.54. The molecule has 0 fully saturated rings. The fourth-order valence-electron chi connectivity index (χ4n) is 19.7. The van der Waals surface area contributed by atoms with Gasteiger partial charge in [0.25, 0.3) is 0 Å². The van der Waals surface area contributed by atoms with Gasteiger partial charge in [0.1, 0.15) is 0 Å². The monoisotopic (exact) mass is 1400 g/mol. The first-order valence-electron chi connectivity index (χ1n) is 38.5. The van der Waals surface area contributed by atoms with Gasteiger partial charge in [-0.25, -0.2) is 0 Å². The molecule has 0 N–H and O–H groups in total. The Morgan fingerprint density at radius 2 is 0.518 bits per heavy atom. The van der Waals surface area contributed by atoms with Crippen molar-refractivity contribution < 1.29 is 0 Å². The molecule has 0 aliphatic heterocycles. The van der Waals surface area contributed by atoms with Crippen molar-refractivity contribution in [3.05, 3.63) is 386 Å². The Kier molecular flexibility index (Phi) is 13.2. The first-order chi connectivity index (χ1) is 54.1. The Hall–Kier alpha value is -13.8. The van der Waals surface area contributed by atoms with E-state index in [9.17, 15) is 0 Å². The Morgan fingerprint density at radius 1 is 0.191 bits per heavy atom. The number of hydrogen-bond donors (Lipinski definition) is 0. The topological polar surface area (TPSA) is 19.7 Å². The molecule has 110 heavy (non-hydrogen) atoms. The minimum atomic E-state index is -0.151. The van der Waals surface area contributed by atoms with Gasteiger partial charge in [-0.15, -0.1) is 0 Å². The highest BCUT2D eigenvalue weighted by Gasteiger charge is 2.40. The lowest BCUT2D eigenvalue weighted by Gasteiger charge is -2.23. The van der Waals surface area contributed by atoms with Crippen LogP contribution >= 0.6 is 0 Å². The maximum atomic E-state index is 2.54. The van der Waals surface area contributed by atoms with Gasteiger partial charge >= 0.3 is 0 Å². The van der Waals surface area contributed by atoms with Gasteiger partial charge in [-0.1, -0.05) is 282 Å². The van der Waals surface area contributed by atoms with Crippen molar-refractivity contribution in [3.63, 3.8) is 0 Å². The van der Waals surface area contributed by atoms with Crippen molar-refractivity contribution in [2.45, 2.75) is 38.5 Å². The Morgan fingerprint density at radius 3 is 0.973 bits per heavy atom. The summed E-state index contributed by atoms with van der Waals surface area (Å²) in [7, 11) is 0. The van der Waals surface area contributed by atoms with Crippen LogP contribution in [0, 0.1) is 0 Å². The van der Waals surface area contributed by atoms with Crippen LogP contribution in [-0.2, 0) is 10.8 Å². The van der Waals surface area contributed by atoms with Crippen LogP contribution in [0.5, 0.6) is 0 Å². The first kappa shape index (κ1) is 62.4. The normalized spacial score (nSPS) is 13.4. The summed E-state index contributed by atoms with van der Waals surface area (Å²) in [6, 6.07) is 135. The van der Waals surface area contributed by atoms with Crippen LogP contribution < -0.4 is 0 Å². The summed E-state index contributed by atoms with van der Waals surface area (Å²) < 4.78 is 9.90. The van der Waals surface area contributed by atoms with Crippen LogP contribution in [0.25, 0.3) is 198 Å². The second-order valence-corrected chi connectivity index (χ2v) is 31.5. The second kappa shape index (κ2) is 23.4. The van der Waals surface area contributed by atoms with E-state index in [0.29, 0.717) is 0 Å². The molecular weight excluding hydrogens is 1330 g/mol. The molecule has 22 aromatic rings. The molecule has 0 saturated heterocycles. The maximum Gasteiger partial charge on any atom is 0.0622 e. The van der Waals surface area contributed by atoms with Crippen molar-refractivity contribution in [2.24, 2.45) is 0 Å². The Bertz CT molecular complexity index is 7730. The number of rotatable bonds is 6. The molecule has 0 radical (unpaired) electrons. The predicted octanol–water partition coefficient (Wildman–Crippen LogP) is 28.3. The zero-order chi connectivity index (χ0) is 72.8. The van der Waals surface area contributed by atoms with Gasteiger partial charge < -0.3 is 18.3 Å². The quantitative estimate of drug-likeness (QED) is 0.158. The molecule has 2 aliphatic rings. The predicted molar refractivity (Wildman–Crippen MR) is 466 cm³/mol. The second-order valence-electron chi connectivity index (χ2n) is 31.5. The molecule has 0 saturated carbocycles. The van der Waals surface area contributed by atoms with Gasteiger partial charge in [-0.3, -0.25) is 0 Å². The highest BCUT2D eigenvalue weighted by atomic mass is 15.0. The molecule has 0 bridgehead atoms. The fraction of sp³-hybridized carbons (Fsp3) is 0.0566. The van der Waals surface area contributed by atoms with E-state index in [-0.39, 0.29) is 10.8 Å². The molecule has 2 aliphatic carbocycles. The van der Waals surface area contributed by atoms with Crippen molar-refractivity contribution in [1.29, 1.82) is 0 Å². The summed E-state index contributed by atoms with van der Waals surface area (Å²) in [5.41, 5.74) is 30.2. The Labute approximate surface area is 636 Å². The number of nitrogens with zero attached hydrogens (tertiary/aromatic N) is 4. The van der Waals surface area contributed by atoms with E-state index in [2.05, 4.69) is 410 Å². The molecule has 516 valence electrons. The molecule has 0 spiro atoms. The molecule has 0 atom stereocenters. The molecule has 4 aromatic heterocycles. The van der Waals surface area contributed by atoms with E-state index in [0.717, 1.165) is 0 Å². The summed E-state index contributed by atoms with van der Waals surface area (Å²) in [5.74, 6) is 0. The van der Waals surface area contributed by atoms with Crippen molar-refractivity contribution in [1.82, 2.24) is 18.3 Å². The highest BCUT2D eigenvalue weighted by molar-refractivity contribution is 6.19. The SMILES string of the molecule is CC1(C)c2ccccc2-c2c1ccc1c3cc(-c4ccc5c(c4)c4ccccc4n5-c4ccc5ccccc5c4)ccc3n(-c3ccc4ccccc4c3)c21.CC1(C)c2ccccc2-c2ccc3c4cc(-c5ccc6c(c5)c5ccccc5n6-c5ccc6ccccc6c5)ccc4n(-c4ccc5ccccc5c4)c3c21. The third kappa shape index (κ3) is 9.08. The Balaban J connectivity index is 0.000000132. The van der Waals surface area contributed by atoms with Gasteiger partial charge in [0.15, 0.2) is 0 Å². The van der Waals surface area contributed by atoms with E-state index >= 15 is 0 Å². The van der Waals surface area contributed by atoms with Crippen LogP contribution in [0.1, 0.15) is 49.9 Å². The third-order valence-corrected chi connectivity index (χ3v) is 24.9. The molecule has 4 nitrogen and oxygen atoms in total. The number of para-hydroxylation sites is 2. The summed E-state index contributed by atoms with van der Waals surface area (Å²) in [4.78, 5) is 0. The smallest absolute Gasteiger partial charge is 0.0622 e. The molecule has 0 unspecified atom stereocenters. The standard InChI is InChI=1S/2C53H36N2/c1-53(2)46-17-9-7-16-43(46)51-47(53)26-25-42-45-32-38(22-28-50(45)55(52(42)51)40-24-20-34-12-4-6-14-36(34)30-40)37-21-27-49-44(31-37)41-15-8-10-18-48(41)54(49)39-23-19-33-11-3-5-13-35(33)29-39;1-53(2)47-17-9-7-15-41(47)43-25-26-44-46-32-38(22-28-50(46)55(52(44)51(43)53)40-24-20-34-12-4-6-14-36(34)30-40)37-21-27-49-45(31-37)42-16-8-10-18-48(42)54(49)39-23-19-33-11-3-5-13-35(33)29-39/h2*3-32H,1-2H3. The molecule has 0 amide bonds. The molecule has 4 heteroatoms. The lowest BCUT2D eigenvalue weighted by atomic mass is 9.81. The summed E-state index contributed by atoms with van der Waals surface area (Å²) >= 11 is 0. The van der Waals surface area contributed by atoms with Crippen molar-refractivity contribution in [2.75, 3.05) is 0 Å². The number of benzene rings is 18. The van der Waals surface area contributed by atoms with Crippen molar-refractivity contribution in [3.8, 4) is 67.3 Å². The highest BCUT2D eigenvalue weighted by Crippen LogP contribution is 2.56.